The first kappa shape index (κ1) is 14.3. The highest BCUT2D eigenvalue weighted by Crippen LogP contribution is 2.38. The van der Waals surface area contributed by atoms with E-state index in [9.17, 15) is 26.7 Å². The Bertz CT molecular complexity index is 473. The van der Waals surface area contributed by atoms with Crippen LogP contribution in [0.4, 0.5) is 22.0 Å². The molecular formula is C9H7F5N2O2. The van der Waals surface area contributed by atoms with E-state index in [1.165, 1.54) is 0 Å². The molecule has 0 aliphatic rings. The zero-order valence-corrected chi connectivity index (χ0v) is 8.63. The average molecular weight is 270 g/mol. The van der Waals surface area contributed by atoms with Gasteiger partial charge in [0.1, 0.15) is 5.69 Å². The van der Waals surface area contributed by atoms with Crippen LogP contribution in [-0.2, 0) is 12.7 Å². The zero-order valence-electron chi connectivity index (χ0n) is 8.63. The first-order valence-corrected chi connectivity index (χ1v) is 4.50. The van der Waals surface area contributed by atoms with Gasteiger partial charge in [-0.25, -0.2) is 13.6 Å². The number of aromatic nitrogens is 1. The quantitative estimate of drug-likeness (QED) is 0.825. The van der Waals surface area contributed by atoms with Gasteiger partial charge in [0.25, 0.3) is 6.43 Å². The molecule has 4 nitrogen and oxygen atoms in total. The van der Waals surface area contributed by atoms with E-state index >= 15 is 0 Å². The molecule has 3 N–H and O–H groups in total. The van der Waals surface area contributed by atoms with Crippen LogP contribution < -0.4 is 5.73 Å². The Balaban J connectivity index is 3.67. The molecule has 18 heavy (non-hydrogen) atoms. The van der Waals surface area contributed by atoms with Crippen molar-refractivity contribution in [3.05, 3.63) is 28.6 Å². The summed E-state index contributed by atoms with van der Waals surface area (Å²) in [5.41, 5.74) is -0.0205. The topological polar surface area (TPSA) is 76.2 Å². The first-order valence-electron chi connectivity index (χ1n) is 4.50. The number of alkyl halides is 5. The Morgan fingerprint density at radius 3 is 2.33 bits per heavy atom. The van der Waals surface area contributed by atoms with E-state index < -0.39 is 47.5 Å². The molecule has 0 unspecified atom stereocenters. The maximum atomic E-state index is 12.7. The van der Waals surface area contributed by atoms with Gasteiger partial charge < -0.3 is 10.8 Å². The van der Waals surface area contributed by atoms with Crippen LogP contribution >= 0.6 is 0 Å². The van der Waals surface area contributed by atoms with Gasteiger partial charge in [0.05, 0.1) is 11.1 Å². The molecule has 1 heterocycles. The highest BCUT2D eigenvalue weighted by Gasteiger charge is 2.40. The molecular weight excluding hydrogens is 263 g/mol. The van der Waals surface area contributed by atoms with Crippen LogP contribution in [0, 0.1) is 0 Å². The maximum Gasteiger partial charge on any atom is 0.418 e. The smallest absolute Gasteiger partial charge is 0.418 e. The number of carbonyl (C=O) groups is 1. The van der Waals surface area contributed by atoms with Crippen molar-refractivity contribution >= 4 is 5.97 Å². The summed E-state index contributed by atoms with van der Waals surface area (Å²) < 4.78 is 62.9. The van der Waals surface area contributed by atoms with Crippen LogP contribution in [0.25, 0.3) is 0 Å². The Kier molecular flexibility index (Phi) is 3.85. The van der Waals surface area contributed by atoms with Gasteiger partial charge in [-0.3, -0.25) is 4.98 Å². The monoisotopic (exact) mass is 270 g/mol. The van der Waals surface area contributed by atoms with E-state index in [0.29, 0.717) is 6.20 Å². The minimum absolute atomic E-state index is 0.446. The van der Waals surface area contributed by atoms with E-state index in [0.717, 1.165) is 0 Å². The van der Waals surface area contributed by atoms with E-state index in [1.807, 2.05) is 0 Å². The molecule has 0 fully saturated rings. The second-order valence-electron chi connectivity index (χ2n) is 3.22. The first-order chi connectivity index (χ1) is 8.20. The van der Waals surface area contributed by atoms with Gasteiger partial charge in [0, 0.05) is 12.7 Å². The lowest BCUT2D eigenvalue weighted by Crippen LogP contribution is -2.20. The van der Waals surface area contributed by atoms with Crippen molar-refractivity contribution in [3.63, 3.8) is 0 Å². The second kappa shape index (κ2) is 4.84. The third-order valence-corrected chi connectivity index (χ3v) is 2.14. The summed E-state index contributed by atoms with van der Waals surface area (Å²) in [5.74, 6) is -1.71. The number of nitrogens with zero attached hydrogens (tertiary/aromatic N) is 1. The summed E-state index contributed by atoms with van der Waals surface area (Å²) in [6, 6.07) is 0. The van der Waals surface area contributed by atoms with Crippen LogP contribution in [0.15, 0.2) is 6.20 Å². The molecule has 0 saturated heterocycles. The molecule has 100 valence electrons. The molecule has 0 amide bonds. The third kappa shape index (κ3) is 2.55. The van der Waals surface area contributed by atoms with Gasteiger partial charge in [0.2, 0.25) is 0 Å². The lowest BCUT2D eigenvalue weighted by atomic mass is 10.0. The second-order valence-corrected chi connectivity index (χ2v) is 3.22. The number of carboxylic acid groups (broad SMARTS) is 1. The highest BCUT2D eigenvalue weighted by atomic mass is 19.4. The van der Waals surface area contributed by atoms with E-state index in [1.54, 1.807) is 0 Å². The number of rotatable bonds is 3. The lowest BCUT2D eigenvalue weighted by molar-refractivity contribution is -0.140. The van der Waals surface area contributed by atoms with Crippen molar-refractivity contribution in [1.82, 2.24) is 4.98 Å². The van der Waals surface area contributed by atoms with Crippen LogP contribution in [0.2, 0.25) is 0 Å². The number of aromatic carboxylic acids is 1. The van der Waals surface area contributed by atoms with Crippen molar-refractivity contribution in [3.8, 4) is 0 Å². The molecule has 9 heteroatoms. The molecule has 1 aromatic heterocycles. The average Bonchev–Trinajstić information content (AvgIpc) is 2.25. The number of hydrogen-bond acceptors (Lipinski definition) is 3. The lowest BCUT2D eigenvalue weighted by Gasteiger charge is -2.17. The van der Waals surface area contributed by atoms with Crippen molar-refractivity contribution in [1.29, 1.82) is 0 Å². The largest absolute Gasteiger partial charge is 0.478 e. The third-order valence-electron chi connectivity index (χ3n) is 2.14. The molecule has 1 rings (SSSR count). The molecule has 0 radical (unpaired) electrons. The normalized spacial score (nSPS) is 11.9. The standard InChI is InChI=1S/C9H7F5N2O2/c10-7(11)6-5(9(12,13)14)3(1-15)4(2-16-6)8(17)18/h2,7H,1,15H2,(H,17,18). The molecule has 0 saturated carbocycles. The van der Waals surface area contributed by atoms with Crippen LogP contribution in [0.5, 0.6) is 0 Å². The molecule has 0 aliphatic carbocycles. The fourth-order valence-electron chi connectivity index (χ4n) is 1.44. The van der Waals surface area contributed by atoms with Crippen molar-refractivity contribution in [2.75, 3.05) is 0 Å². The Labute approximate surface area is 97.2 Å². The van der Waals surface area contributed by atoms with E-state index in [4.69, 9.17) is 10.8 Å². The van der Waals surface area contributed by atoms with E-state index in [-0.39, 0.29) is 0 Å². The summed E-state index contributed by atoms with van der Waals surface area (Å²) in [6.45, 7) is -0.835. The number of pyridine rings is 1. The Hall–Kier alpha value is -1.77. The van der Waals surface area contributed by atoms with E-state index in [2.05, 4.69) is 4.98 Å². The van der Waals surface area contributed by atoms with Gasteiger partial charge in [0.15, 0.2) is 0 Å². The predicted molar refractivity (Wildman–Crippen MR) is 49.0 cm³/mol. The van der Waals surface area contributed by atoms with Crippen LogP contribution in [-0.4, -0.2) is 16.1 Å². The van der Waals surface area contributed by atoms with Gasteiger partial charge in [-0.2, -0.15) is 13.2 Å². The summed E-state index contributed by atoms with van der Waals surface area (Å²) in [5, 5.41) is 8.67. The number of carboxylic acids is 1. The number of nitrogens with two attached hydrogens (primary N) is 1. The summed E-state index contributed by atoms with van der Waals surface area (Å²) in [6.07, 6.45) is -8.19. The molecule has 0 bridgehead atoms. The van der Waals surface area contributed by atoms with Gasteiger partial charge in [-0.1, -0.05) is 0 Å². The van der Waals surface area contributed by atoms with Crippen LogP contribution in [0.1, 0.15) is 33.6 Å². The molecule has 0 aliphatic heterocycles. The predicted octanol–water partition coefficient (Wildman–Crippen LogP) is 2.19. The van der Waals surface area contributed by atoms with Gasteiger partial charge in [-0.15, -0.1) is 0 Å². The summed E-state index contributed by atoms with van der Waals surface area (Å²) in [4.78, 5) is 13.6. The molecule has 0 spiro atoms. The zero-order chi connectivity index (χ0) is 14.1. The van der Waals surface area contributed by atoms with Gasteiger partial charge in [-0.05, 0) is 5.56 Å². The SMILES string of the molecule is NCc1c(C(=O)O)cnc(C(F)F)c1C(F)(F)F. The van der Waals surface area contributed by atoms with Gasteiger partial charge >= 0.3 is 12.1 Å². The Morgan fingerprint density at radius 2 is 2.00 bits per heavy atom. The molecule has 0 aromatic carbocycles. The number of halogens is 5. The van der Waals surface area contributed by atoms with Crippen molar-refractivity contribution in [2.24, 2.45) is 5.73 Å². The highest BCUT2D eigenvalue weighted by molar-refractivity contribution is 5.89. The molecule has 1 aromatic rings. The minimum Gasteiger partial charge on any atom is -0.478 e. The maximum absolute atomic E-state index is 12.7. The minimum atomic E-state index is -5.15. The van der Waals surface area contributed by atoms with Crippen molar-refractivity contribution in [2.45, 2.75) is 19.1 Å². The number of hydrogen-bond donors (Lipinski definition) is 2. The fraction of sp³-hybridized carbons (Fsp3) is 0.333. The summed E-state index contributed by atoms with van der Waals surface area (Å²) >= 11 is 0. The van der Waals surface area contributed by atoms with Crippen LogP contribution in [0.3, 0.4) is 0 Å². The fourth-order valence-corrected chi connectivity index (χ4v) is 1.44. The summed E-state index contributed by atoms with van der Waals surface area (Å²) in [7, 11) is 0. The van der Waals surface area contributed by atoms with Crippen molar-refractivity contribution < 1.29 is 31.9 Å². The Morgan fingerprint density at radius 1 is 1.44 bits per heavy atom. The molecule has 0 atom stereocenters.